The molecule has 1 aromatic rings. The van der Waals surface area contributed by atoms with E-state index in [1.807, 2.05) is 6.92 Å². The molecule has 1 aromatic carbocycles. The number of phenols is 1. The number of carbonyl (C=O) groups excluding carboxylic acids is 2. The molecule has 2 unspecified atom stereocenters. The number of nitrogens with zero attached hydrogens (tertiary/aromatic N) is 3. The predicted molar refractivity (Wildman–Crippen MR) is 142 cm³/mol. The van der Waals surface area contributed by atoms with Gasteiger partial charge in [0.2, 0.25) is 0 Å². The highest BCUT2D eigenvalue weighted by Crippen LogP contribution is 2.55. The van der Waals surface area contributed by atoms with Gasteiger partial charge in [-0.1, -0.05) is 0 Å². The minimum atomic E-state index is -4.86. The average Bonchev–Trinajstić information content (AvgIpc) is 3.17. The van der Waals surface area contributed by atoms with Gasteiger partial charge in [-0.25, -0.2) is 0 Å². The lowest BCUT2D eigenvalue weighted by atomic mass is 9.56. The van der Waals surface area contributed by atoms with Crippen LogP contribution in [0.15, 0.2) is 23.0 Å². The Morgan fingerprint density at radius 1 is 1.22 bits per heavy atom. The van der Waals surface area contributed by atoms with Gasteiger partial charge >= 0.3 is 6.18 Å². The van der Waals surface area contributed by atoms with Crippen molar-refractivity contribution in [3.05, 3.63) is 50.6 Å². The summed E-state index contributed by atoms with van der Waals surface area (Å²) >= 11 is 0. The number of primary amides is 1. The maximum Gasteiger partial charge on any atom is 0.417 e. The van der Waals surface area contributed by atoms with Crippen LogP contribution in [0.1, 0.15) is 54.5 Å². The maximum atomic E-state index is 14.8. The monoisotopic (exact) mass is 577 g/mol. The Morgan fingerprint density at radius 2 is 1.85 bits per heavy atom. The summed E-state index contributed by atoms with van der Waals surface area (Å²) in [4.78, 5) is 29.2. The molecule has 2 fully saturated rings. The van der Waals surface area contributed by atoms with Crippen LogP contribution in [0, 0.1) is 11.8 Å². The highest BCUT2D eigenvalue weighted by atomic mass is 19.4. The van der Waals surface area contributed by atoms with Crippen LogP contribution in [-0.2, 0) is 22.2 Å². The molecule has 41 heavy (non-hydrogen) atoms. The summed E-state index contributed by atoms with van der Waals surface area (Å²) in [5, 5.41) is 55.7. The summed E-state index contributed by atoms with van der Waals surface area (Å²) in [6.07, 6.45) is -4.46. The molecule has 0 spiro atoms. The molecule has 1 saturated carbocycles. The fourth-order valence-corrected chi connectivity index (χ4v) is 7.46. The highest BCUT2D eigenvalue weighted by Gasteiger charge is 2.61. The van der Waals surface area contributed by atoms with Gasteiger partial charge in [-0.05, 0) is 76.9 Å². The normalized spacial score (nSPS) is 32.4. The number of carbonyl (C=O) groups is 2. The Bertz CT molecular complexity index is 1450. The molecule has 4 aliphatic rings. The number of aliphatic hydroxyl groups excluding tert-OH is 2. The molecule has 0 bridgehead atoms. The van der Waals surface area contributed by atoms with Gasteiger partial charge in [0.1, 0.15) is 22.9 Å². The number of hydrogen-bond acceptors (Lipinski definition) is 8. The summed E-state index contributed by atoms with van der Waals surface area (Å²) in [6, 6.07) is -0.873. The van der Waals surface area contributed by atoms with Crippen molar-refractivity contribution in [2.24, 2.45) is 17.6 Å². The molecule has 10 nitrogen and oxygen atoms in total. The second kappa shape index (κ2) is 9.30. The van der Waals surface area contributed by atoms with E-state index >= 15 is 0 Å². The number of phenolic OH excluding ortho intramolecular Hbond substituents is 1. The van der Waals surface area contributed by atoms with Crippen molar-refractivity contribution in [2.45, 2.75) is 62.5 Å². The number of hydrogen-bond donors (Lipinski definition) is 5. The fraction of sp³-hybridized carbons (Fsp3) is 0.536. The third kappa shape index (κ3) is 3.92. The van der Waals surface area contributed by atoms with Gasteiger partial charge in [-0.2, -0.15) is 13.2 Å². The topological polar surface area (TPSA) is 170 Å². The van der Waals surface area contributed by atoms with E-state index in [-0.39, 0.29) is 23.6 Å². The molecular weight excluding hydrogens is 545 g/mol. The van der Waals surface area contributed by atoms with Crippen LogP contribution in [0.5, 0.6) is 5.75 Å². The minimum absolute atomic E-state index is 0.0111. The van der Waals surface area contributed by atoms with E-state index in [9.17, 15) is 48.6 Å². The number of aromatic hydroxyl groups is 1. The SMILES string of the molecule is CC1CCC(c2cc(O)c3c(c2C(F)(F)F)C[C@H]2C[C@H]4[C@H](N(C)C)C(O)=C(C(N)=O)C(=[N-])[C@@]4(O)C(=O)C2=C3O)N1C. The van der Waals surface area contributed by atoms with Crippen molar-refractivity contribution < 1.29 is 43.2 Å². The quantitative estimate of drug-likeness (QED) is 0.365. The van der Waals surface area contributed by atoms with Crippen molar-refractivity contribution >= 4 is 23.2 Å². The molecule has 6 atom stereocenters. The zero-order valence-electron chi connectivity index (χ0n) is 23.0. The van der Waals surface area contributed by atoms with Crippen LogP contribution < -0.4 is 5.73 Å². The maximum absolute atomic E-state index is 14.8. The Labute approximate surface area is 234 Å². The highest BCUT2D eigenvalue weighted by molar-refractivity contribution is 6.35. The smallest absolute Gasteiger partial charge is 0.417 e. The number of rotatable bonds is 3. The molecule has 1 heterocycles. The van der Waals surface area contributed by atoms with Crippen LogP contribution >= 0.6 is 0 Å². The van der Waals surface area contributed by atoms with Gasteiger partial charge in [0, 0.05) is 23.6 Å². The first-order chi connectivity index (χ1) is 18.9. The summed E-state index contributed by atoms with van der Waals surface area (Å²) < 4.78 is 44.3. The number of nitrogens with two attached hydrogens (primary N) is 1. The predicted octanol–water partition coefficient (Wildman–Crippen LogP) is 2.58. The first-order valence-electron chi connectivity index (χ1n) is 13.3. The number of likely N-dealkylation sites (N-methyl/N-ethyl adjacent to an activating group) is 1. The molecule has 1 aliphatic heterocycles. The molecule has 6 N–H and O–H groups in total. The van der Waals surface area contributed by atoms with Gasteiger partial charge in [-0.15, -0.1) is 5.71 Å². The number of alkyl halides is 3. The minimum Gasteiger partial charge on any atom is -0.804 e. The van der Waals surface area contributed by atoms with Crippen molar-refractivity contribution in [3.63, 3.8) is 0 Å². The van der Waals surface area contributed by atoms with E-state index in [1.165, 1.54) is 19.0 Å². The van der Waals surface area contributed by atoms with E-state index < -0.39 is 99.1 Å². The van der Waals surface area contributed by atoms with E-state index in [0.29, 0.717) is 12.8 Å². The van der Waals surface area contributed by atoms with Gasteiger partial charge in [-0.3, -0.25) is 19.4 Å². The van der Waals surface area contributed by atoms with Crippen LogP contribution in [0.25, 0.3) is 11.2 Å². The summed E-state index contributed by atoms with van der Waals surface area (Å²) in [5.74, 6) is -7.24. The molecule has 5 rings (SSSR count). The summed E-state index contributed by atoms with van der Waals surface area (Å²) in [7, 11) is 4.68. The van der Waals surface area contributed by atoms with Crippen LogP contribution in [0.4, 0.5) is 13.2 Å². The third-order valence-corrected chi connectivity index (χ3v) is 9.46. The second-order valence-electron chi connectivity index (χ2n) is 11.8. The first kappa shape index (κ1) is 29.1. The molecule has 1 amide bonds. The Balaban J connectivity index is 1.74. The van der Waals surface area contributed by atoms with Crippen molar-refractivity contribution in [1.29, 1.82) is 0 Å². The van der Waals surface area contributed by atoms with Crippen LogP contribution in [-0.4, -0.2) is 86.5 Å². The number of likely N-dealkylation sites (tertiary alicyclic amines) is 1. The van der Waals surface area contributed by atoms with Gasteiger partial charge in [0.15, 0.2) is 5.78 Å². The summed E-state index contributed by atoms with van der Waals surface area (Å²) in [6.45, 7) is 1.90. The number of fused-ring (bicyclic) bond motifs is 3. The van der Waals surface area contributed by atoms with E-state index in [4.69, 9.17) is 5.73 Å². The molecule has 1 saturated heterocycles. The average molecular weight is 578 g/mol. The first-order valence-corrected chi connectivity index (χ1v) is 13.3. The Hall–Kier alpha value is -3.42. The van der Waals surface area contributed by atoms with Crippen LogP contribution in [0.3, 0.4) is 0 Å². The van der Waals surface area contributed by atoms with E-state index in [1.54, 1.807) is 11.9 Å². The van der Waals surface area contributed by atoms with Gasteiger partial charge in [0.25, 0.3) is 5.91 Å². The van der Waals surface area contributed by atoms with E-state index in [0.717, 1.165) is 6.07 Å². The summed E-state index contributed by atoms with van der Waals surface area (Å²) in [5.41, 5.74) is -2.07. The lowest BCUT2D eigenvalue weighted by Gasteiger charge is -2.54. The molecule has 0 aromatic heterocycles. The number of amides is 1. The third-order valence-electron chi connectivity index (χ3n) is 9.46. The number of halogens is 3. The molecule has 222 valence electrons. The van der Waals surface area contributed by atoms with Gasteiger partial charge < -0.3 is 31.6 Å². The Morgan fingerprint density at radius 3 is 2.37 bits per heavy atom. The molecular formula is C28H32F3N4O6-. The second-order valence-corrected chi connectivity index (χ2v) is 11.8. The number of Topliss-reactive ketones (excluding diaryl/α,β-unsaturated/α-hetero) is 1. The van der Waals surface area contributed by atoms with Crippen molar-refractivity contribution in [3.8, 4) is 5.75 Å². The van der Waals surface area contributed by atoms with Crippen molar-refractivity contribution in [1.82, 2.24) is 9.80 Å². The Kier molecular flexibility index (Phi) is 6.59. The largest absolute Gasteiger partial charge is 0.804 e. The number of ketones is 1. The molecule has 3 aliphatic carbocycles. The standard InChI is InChI=1S/C28H32F3N4O6/c1-10-5-6-15(35(10)4)12-9-16(36)18-13(20(12)28(29,30)31)7-11-8-14-21(34(2)3)23(38)19(26(33)40)24(32)27(14,41)25(39)17(11)22(18)37/h9-11,14-15,21,36-38,41H,5-8H2,1-4H3,(H2,33,40)/q-1/t10?,11-,14-,15?,21-,27+/m0/s1. The zero-order valence-corrected chi connectivity index (χ0v) is 23.0. The fourth-order valence-electron chi connectivity index (χ4n) is 7.46. The van der Waals surface area contributed by atoms with Crippen LogP contribution in [0.2, 0.25) is 0 Å². The van der Waals surface area contributed by atoms with Crippen molar-refractivity contribution in [2.75, 3.05) is 21.1 Å². The zero-order chi connectivity index (χ0) is 30.5. The number of benzene rings is 1. The van der Waals surface area contributed by atoms with E-state index in [2.05, 4.69) is 0 Å². The molecule has 0 radical (unpaired) electrons. The lowest BCUT2D eigenvalue weighted by Crippen LogP contribution is -2.66. The number of aliphatic hydroxyl groups is 3. The lowest BCUT2D eigenvalue weighted by molar-refractivity contribution is -0.139. The van der Waals surface area contributed by atoms with Gasteiger partial charge in [0.05, 0.1) is 22.7 Å². The molecule has 13 heteroatoms.